The Hall–Kier alpha value is -2.69. The highest BCUT2D eigenvalue weighted by molar-refractivity contribution is 6.02. The summed E-state index contributed by atoms with van der Waals surface area (Å²) in [4.78, 5) is 11.9. The van der Waals surface area contributed by atoms with Crippen molar-refractivity contribution in [1.29, 1.82) is 0 Å². The molecule has 124 valence electrons. The van der Waals surface area contributed by atoms with Gasteiger partial charge in [0.2, 0.25) is 0 Å². The first-order valence-corrected chi connectivity index (χ1v) is 8.04. The lowest BCUT2D eigenvalue weighted by Crippen LogP contribution is -2.26. The largest absolute Gasteiger partial charge is 0.484 e. The summed E-state index contributed by atoms with van der Waals surface area (Å²) in [6.07, 6.45) is 4.06. The molecule has 1 aliphatic rings. The van der Waals surface area contributed by atoms with E-state index in [2.05, 4.69) is 16.6 Å². The van der Waals surface area contributed by atoms with Crippen LogP contribution in [0.15, 0.2) is 53.6 Å². The summed E-state index contributed by atoms with van der Waals surface area (Å²) in [7, 11) is 0. The van der Waals surface area contributed by atoms with E-state index in [4.69, 9.17) is 4.74 Å². The minimum Gasteiger partial charge on any atom is -0.484 e. The lowest BCUT2D eigenvalue weighted by atomic mass is 10.0. The van der Waals surface area contributed by atoms with E-state index in [1.807, 2.05) is 18.2 Å². The molecule has 2 aromatic carbocycles. The van der Waals surface area contributed by atoms with E-state index in [9.17, 15) is 9.18 Å². The van der Waals surface area contributed by atoms with E-state index in [1.54, 1.807) is 0 Å². The highest BCUT2D eigenvalue weighted by atomic mass is 19.1. The quantitative estimate of drug-likeness (QED) is 0.691. The van der Waals surface area contributed by atoms with Crippen LogP contribution in [-0.2, 0) is 11.2 Å². The predicted octanol–water partition coefficient (Wildman–Crippen LogP) is 3.45. The summed E-state index contributed by atoms with van der Waals surface area (Å²) in [5.41, 5.74) is 5.83. The summed E-state index contributed by atoms with van der Waals surface area (Å²) in [5, 5.41) is 4.29. The van der Waals surface area contributed by atoms with E-state index in [1.165, 1.54) is 29.8 Å². The highest BCUT2D eigenvalue weighted by Gasteiger charge is 2.13. The Kier molecular flexibility index (Phi) is 5.21. The highest BCUT2D eigenvalue weighted by Crippen LogP contribution is 2.20. The van der Waals surface area contributed by atoms with Gasteiger partial charge in [0.05, 0.1) is 5.71 Å². The average molecular weight is 326 g/mol. The van der Waals surface area contributed by atoms with Crippen molar-refractivity contribution >= 4 is 11.6 Å². The van der Waals surface area contributed by atoms with E-state index < -0.39 is 0 Å². The number of aryl methyl sites for hydroxylation is 1. The minimum atomic E-state index is -0.342. The van der Waals surface area contributed by atoms with Crippen LogP contribution in [0.2, 0.25) is 0 Å². The Morgan fingerprint density at radius 2 is 1.83 bits per heavy atom. The molecule has 1 N–H and O–H groups in total. The fourth-order valence-corrected chi connectivity index (χ4v) is 2.72. The topological polar surface area (TPSA) is 50.7 Å². The number of hydrogen-bond donors (Lipinski definition) is 1. The zero-order valence-electron chi connectivity index (χ0n) is 13.3. The molecule has 0 saturated heterocycles. The fourth-order valence-electron chi connectivity index (χ4n) is 2.72. The van der Waals surface area contributed by atoms with Crippen molar-refractivity contribution in [1.82, 2.24) is 5.43 Å². The summed E-state index contributed by atoms with van der Waals surface area (Å²) in [5.74, 6) is -0.238. The van der Waals surface area contributed by atoms with Gasteiger partial charge in [-0.05, 0) is 55.5 Å². The molecule has 2 aromatic rings. The minimum absolute atomic E-state index is 0.163. The number of hydrogen-bond acceptors (Lipinski definition) is 3. The Balaban J connectivity index is 1.60. The molecule has 4 nitrogen and oxygen atoms in total. The van der Waals surface area contributed by atoms with Crippen molar-refractivity contribution in [3.63, 3.8) is 0 Å². The molecule has 0 unspecified atom stereocenters. The zero-order chi connectivity index (χ0) is 16.8. The van der Waals surface area contributed by atoms with Crippen molar-refractivity contribution in [3.8, 4) is 5.75 Å². The Labute approximate surface area is 140 Å². The fraction of sp³-hybridized carbons (Fsp3) is 0.263. The summed E-state index contributed by atoms with van der Waals surface area (Å²) >= 11 is 0. The van der Waals surface area contributed by atoms with Crippen LogP contribution in [-0.4, -0.2) is 18.2 Å². The molecule has 0 spiro atoms. The lowest BCUT2D eigenvalue weighted by Gasteiger charge is -2.08. The third-order valence-corrected chi connectivity index (χ3v) is 3.94. The first-order chi connectivity index (χ1) is 11.7. The first kappa shape index (κ1) is 16.2. The monoisotopic (exact) mass is 326 g/mol. The van der Waals surface area contributed by atoms with Crippen LogP contribution < -0.4 is 10.2 Å². The van der Waals surface area contributed by atoms with E-state index in [0.717, 1.165) is 37.0 Å². The number of rotatable bonds is 4. The van der Waals surface area contributed by atoms with Gasteiger partial charge in [0.25, 0.3) is 5.91 Å². The second kappa shape index (κ2) is 7.73. The van der Waals surface area contributed by atoms with Gasteiger partial charge in [0.1, 0.15) is 11.6 Å². The normalized spacial score (nSPS) is 15.5. The molecule has 0 fully saturated rings. The number of amides is 1. The first-order valence-electron chi connectivity index (χ1n) is 8.04. The molecule has 0 radical (unpaired) electrons. The SMILES string of the molecule is O=C(COc1ccc(F)cc1)N/N=C1/CCCCc2ccccc21. The second-order valence-corrected chi connectivity index (χ2v) is 5.70. The molecule has 1 aliphatic carbocycles. The van der Waals surface area contributed by atoms with Crippen molar-refractivity contribution in [2.75, 3.05) is 6.61 Å². The molecule has 0 atom stereocenters. The summed E-state index contributed by atoms with van der Waals surface area (Å²) in [6.45, 7) is -0.163. The summed E-state index contributed by atoms with van der Waals surface area (Å²) < 4.78 is 18.1. The molecule has 3 rings (SSSR count). The molecule has 0 aliphatic heterocycles. The van der Waals surface area contributed by atoms with E-state index in [-0.39, 0.29) is 18.3 Å². The maximum Gasteiger partial charge on any atom is 0.277 e. The number of carbonyl (C=O) groups excluding carboxylic acids is 1. The molecule has 0 bridgehead atoms. The molecule has 0 heterocycles. The van der Waals surface area contributed by atoms with Gasteiger partial charge in [-0.3, -0.25) is 4.79 Å². The van der Waals surface area contributed by atoms with Gasteiger partial charge in [0.15, 0.2) is 6.61 Å². The van der Waals surface area contributed by atoms with Crippen LogP contribution >= 0.6 is 0 Å². The van der Waals surface area contributed by atoms with Gasteiger partial charge in [-0.2, -0.15) is 5.10 Å². The number of benzene rings is 2. The number of carbonyl (C=O) groups is 1. The van der Waals surface area contributed by atoms with Crippen LogP contribution in [0.4, 0.5) is 4.39 Å². The van der Waals surface area contributed by atoms with Crippen LogP contribution in [0.3, 0.4) is 0 Å². The number of ether oxygens (including phenoxy) is 1. The molecule has 24 heavy (non-hydrogen) atoms. The van der Waals surface area contributed by atoms with Crippen LogP contribution in [0.5, 0.6) is 5.75 Å². The molecular formula is C19H19FN2O2. The van der Waals surface area contributed by atoms with Crippen LogP contribution in [0.1, 0.15) is 30.4 Å². The molecule has 0 saturated carbocycles. The molecular weight excluding hydrogens is 307 g/mol. The van der Waals surface area contributed by atoms with Crippen molar-refractivity contribution in [3.05, 3.63) is 65.5 Å². The van der Waals surface area contributed by atoms with Gasteiger partial charge in [-0.25, -0.2) is 9.82 Å². The number of nitrogens with zero attached hydrogens (tertiary/aromatic N) is 1. The predicted molar refractivity (Wildman–Crippen MR) is 90.6 cm³/mol. The molecule has 0 aromatic heterocycles. The van der Waals surface area contributed by atoms with Gasteiger partial charge in [-0.15, -0.1) is 0 Å². The molecule has 5 heteroatoms. The van der Waals surface area contributed by atoms with E-state index in [0.29, 0.717) is 5.75 Å². The maximum absolute atomic E-state index is 12.8. The smallest absolute Gasteiger partial charge is 0.277 e. The van der Waals surface area contributed by atoms with Crippen LogP contribution in [0.25, 0.3) is 0 Å². The maximum atomic E-state index is 12.8. The number of halogens is 1. The standard InChI is InChI=1S/C19H19FN2O2/c20-15-9-11-16(12-10-15)24-13-19(23)22-21-18-8-4-2-6-14-5-1-3-7-17(14)18/h1,3,5,7,9-12H,2,4,6,8,13H2,(H,22,23)/b21-18-. The number of fused-ring (bicyclic) bond motifs is 1. The second-order valence-electron chi connectivity index (χ2n) is 5.70. The van der Waals surface area contributed by atoms with Gasteiger partial charge < -0.3 is 4.74 Å². The Bertz CT molecular complexity index is 741. The number of nitrogens with one attached hydrogen (secondary N) is 1. The Morgan fingerprint density at radius 3 is 2.67 bits per heavy atom. The van der Waals surface area contributed by atoms with Crippen molar-refractivity contribution in [2.45, 2.75) is 25.7 Å². The Morgan fingerprint density at radius 1 is 1.08 bits per heavy atom. The number of hydrazone groups is 1. The third kappa shape index (κ3) is 4.19. The van der Waals surface area contributed by atoms with Crippen molar-refractivity contribution < 1.29 is 13.9 Å². The van der Waals surface area contributed by atoms with E-state index >= 15 is 0 Å². The van der Waals surface area contributed by atoms with Gasteiger partial charge in [-0.1, -0.05) is 24.3 Å². The summed E-state index contributed by atoms with van der Waals surface area (Å²) in [6, 6.07) is 13.7. The van der Waals surface area contributed by atoms with Gasteiger partial charge in [0, 0.05) is 5.56 Å². The molecule has 1 amide bonds. The average Bonchev–Trinajstić information content (AvgIpc) is 2.82. The third-order valence-electron chi connectivity index (χ3n) is 3.94. The van der Waals surface area contributed by atoms with Crippen LogP contribution in [0, 0.1) is 5.82 Å². The van der Waals surface area contributed by atoms with Crippen molar-refractivity contribution in [2.24, 2.45) is 5.10 Å². The van der Waals surface area contributed by atoms with Gasteiger partial charge >= 0.3 is 0 Å². The zero-order valence-corrected chi connectivity index (χ0v) is 13.3. The lowest BCUT2D eigenvalue weighted by molar-refractivity contribution is -0.123.